The van der Waals surface area contributed by atoms with Crippen molar-refractivity contribution in [2.24, 2.45) is 5.92 Å². The quantitative estimate of drug-likeness (QED) is 0.778. The predicted molar refractivity (Wildman–Crippen MR) is 95.3 cm³/mol. The zero-order valence-corrected chi connectivity index (χ0v) is 16.0. The molecule has 2 fully saturated rings. The Balaban J connectivity index is 1.50. The van der Waals surface area contributed by atoms with E-state index in [9.17, 15) is 8.42 Å². The predicted octanol–water partition coefficient (Wildman–Crippen LogP) is 0.303. The van der Waals surface area contributed by atoms with Crippen LogP contribution in [0.2, 0.25) is 0 Å². The maximum absolute atomic E-state index is 12.7. The molecular weight excluding hydrogens is 342 g/mol. The third-order valence-corrected chi connectivity index (χ3v) is 6.68. The van der Waals surface area contributed by atoms with E-state index in [1.807, 2.05) is 0 Å². The molecule has 0 saturated carbocycles. The number of ether oxygens (including phenoxy) is 1. The molecule has 3 heterocycles. The van der Waals surface area contributed by atoms with Crippen LogP contribution in [0.5, 0.6) is 0 Å². The van der Waals surface area contributed by atoms with Gasteiger partial charge in [0.2, 0.25) is 0 Å². The van der Waals surface area contributed by atoms with Gasteiger partial charge in [-0.15, -0.1) is 0 Å². The molecule has 9 heteroatoms. The fourth-order valence-electron chi connectivity index (χ4n) is 3.31. The second-order valence-electron chi connectivity index (χ2n) is 7.18. The number of hydrogen-bond acceptors (Lipinski definition) is 5. The van der Waals surface area contributed by atoms with E-state index < -0.39 is 10.2 Å². The zero-order valence-electron chi connectivity index (χ0n) is 15.1. The number of piperazine rings is 1. The summed E-state index contributed by atoms with van der Waals surface area (Å²) in [6.07, 6.45) is 0.974. The van der Waals surface area contributed by atoms with Crippen molar-refractivity contribution in [3.8, 4) is 0 Å². The Kier molecular flexibility index (Phi) is 6.11. The molecule has 0 aromatic carbocycles. The molecule has 142 valence electrons. The summed E-state index contributed by atoms with van der Waals surface area (Å²) >= 11 is 0. The number of hydrogen-bond donors (Lipinski definition) is 1. The van der Waals surface area contributed by atoms with E-state index in [2.05, 4.69) is 35.0 Å². The highest BCUT2D eigenvalue weighted by Crippen LogP contribution is 2.15. The van der Waals surface area contributed by atoms with Gasteiger partial charge in [-0.1, -0.05) is 13.8 Å². The van der Waals surface area contributed by atoms with Crippen molar-refractivity contribution in [1.29, 1.82) is 0 Å². The maximum Gasteiger partial charge on any atom is 0.282 e. The Morgan fingerprint density at radius 3 is 2.40 bits per heavy atom. The molecule has 0 bridgehead atoms. The number of H-pyrrole nitrogens is 1. The van der Waals surface area contributed by atoms with Crippen molar-refractivity contribution in [1.82, 2.24) is 23.7 Å². The van der Waals surface area contributed by atoms with Crippen molar-refractivity contribution < 1.29 is 13.2 Å². The Morgan fingerprint density at radius 1 is 1.12 bits per heavy atom. The Bertz CT molecular complexity index is 646. The molecule has 0 aliphatic carbocycles. The van der Waals surface area contributed by atoms with Crippen LogP contribution in [0.25, 0.3) is 0 Å². The molecule has 1 aromatic heterocycles. The van der Waals surface area contributed by atoms with Crippen molar-refractivity contribution in [3.05, 3.63) is 17.5 Å². The van der Waals surface area contributed by atoms with Crippen LogP contribution in [0.3, 0.4) is 0 Å². The molecule has 2 aliphatic rings. The average molecular weight is 372 g/mol. The highest BCUT2D eigenvalue weighted by molar-refractivity contribution is 7.86. The smallest absolute Gasteiger partial charge is 0.282 e. The standard InChI is InChI=1S/C16H29N5O3S/c1-14(2)11-15-12-16(18-17-15)13-19-3-5-20(6-4-19)25(22,23)21-7-9-24-10-8-21/h12,14H,3-11,13H2,1-2H3,(H,17,18). The lowest BCUT2D eigenvalue weighted by molar-refractivity contribution is 0.0683. The fraction of sp³-hybridized carbons (Fsp3) is 0.812. The van der Waals surface area contributed by atoms with Gasteiger partial charge >= 0.3 is 0 Å². The minimum atomic E-state index is -3.35. The van der Waals surface area contributed by atoms with Crippen LogP contribution < -0.4 is 0 Å². The molecule has 2 saturated heterocycles. The van der Waals surface area contributed by atoms with E-state index in [0.29, 0.717) is 45.3 Å². The average Bonchev–Trinajstić information content (AvgIpc) is 3.02. The second-order valence-corrected chi connectivity index (χ2v) is 9.11. The molecule has 3 rings (SSSR count). The molecule has 0 unspecified atom stereocenters. The van der Waals surface area contributed by atoms with Gasteiger partial charge in [0.1, 0.15) is 0 Å². The monoisotopic (exact) mass is 371 g/mol. The molecule has 1 N–H and O–H groups in total. The summed E-state index contributed by atoms with van der Waals surface area (Å²) in [6, 6.07) is 2.12. The van der Waals surface area contributed by atoms with Gasteiger partial charge in [0.15, 0.2) is 0 Å². The van der Waals surface area contributed by atoms with Crippen LogP contribution in [0.1, 0.15) is 25.2 Å². The third-order valence-electron chi connectivity index (χ3n) is 4.65. The first kappa shape index (κ1) is 18.8. The van der Waals surface area contributed by atoms with E-state index in [1.165, 1.54) is 0 Å². The lowest BCUT2D eigenvalue weighted by atomic mass is 10.1. The first-order valence-electron chi connectivity index (χ1n) is 9.03. The third kappa shape index (κ3) is 4.79. The second kappa shape index (κ2) is 8.13. The van der Waals surface area contributed by atoms with Crippen LogP contribution in [0.15, 0.2) is 6.07 Å². The SMILES string of the molecule is CC(C)Cc1cc(CN2CCN(S(=O)(=O)N3CCOCC3)CC2)[nH]n1. The van der Waals surface area contributed by atoms with Crippen molar-refractivity contribution in [3.63, 3.8) is 0 Å². The van der Waals surface area contributed by atoms with E-state index in [1.54, 1.807) is 8.61 Å². The van der Waals surface area contributed by atoms with Crippen molar-refractivity contribution in [2.75, 3.05) is 52.5 Å². The topological polar surface area (TPSA) is 81.8 Å². The normalized spacial score (nSPS) is 21.9. The number of aromatic amines is 1. The summed E-state index contributed by atoms with van der Waals surface area (Å²) in [5.41, 5.74) is 2.19. The minimum Gasteiger partial charge on any atom is -0.379 e. The van der Waals surface area contributed by atoms with Crippen molar-refractivity contribution >= 4 is 10.2 Å². The van der Waals surface area contributed by atoms with Gasteiger partial charge in [-0.05, 0) is 18.4 Å². The number of morpholine rings is 1. The largest absolute Gasteiger partial charge is 0.379 e. The number of rotatable bonds is 6. The zero-order chi connectivity index (χ0) is 17.9. The molecule has 0 amide bonds. The van der Waals surface area contributed by atoms with Gasteiger partial charge in [-0.2, -0.15) is 22.1 Å². The number of aromatic nitrogens is 2. The highest BCUT2D eigenvalue weighted by Gasteiger charge is 2.33. The summed E-state index contributed by atoms with van der Waals surface area (Å²) in [5.74, 6) is 0.588. The summed E-state index contributed by atoms with van der Waals surface area (Å²) in [6.45, 7) is 9.57. The molecular formula is C16H29N5O3S. The van der Waals surface area contributed by atoms with Gasteiger partial charge in [-0.3, -0.25) is 10.00 Å². The van der Waals surface area contributed by atoms with E-state index in [4.69, 9.17) is 4.74 Å². The van der Waals surface area contributed by atoms with Gasteiger partial charge in [0.05, 0.1) is 18.9 Å². The lowest BCUT2D eigenvalue weighted by Crippen LogP contribution is -2.54. The lowest BCUT2D eigenvalue weighted by Gasteiger charge is -2.37. The first-order valence-corrected chi connectivity index (χ1v) is 10.4. The fourth-order valence-corrected chi connectivity index (χ4v) is 4.87. The molecule has 0 radical (unpaired) electrons. The summed E-state index contributed by atoms with van der Waals surface area (Å²) in [5, 5.41) is 7.47. The summed E-state index contributed by atoms with van der Waals surface area (Å²) in [4.78, 5) is 2.28. The molecule has 0 spiro atoms. The maximum atomic E-state index is 12.7. The van der Waals surface area contributed by atoms with Crippen LogP contribution in [0, 0.1) is 5.92 Å². The Morgan fingerprint density at radius 2 is 1.76 bits per heavy atom. The van der Waals surface area contributed by atoms with E-state index >= 15 is 0 Å². The molecule has 1 aromatic rings. The molecule has 2 aliphatic heterocycles. The van der Waals surface area contributed by atoms with Gasteiger partial charge in [0, 0.05) is 51.5 Å². The number of nitrogens with zero attached hydrogens (tertiary/aromatic N) is 4. The van der Waals surface area contributed by atoms with Crippen LogP contribution in [-0.2, 0) is 27.9 Å². The summed E-state index contributed by atoms with van der Waals surface area (Å²) in [7, 11) is -3.35. The van der Waals surface area contributed by atoms with Crippen LogP contribution in [-0.4, -0.2) is 84.6 Å². The van der Waals surface area contributed by atoms with Gasteiger partial charge in [-0.25, -0.2) is 0 Å². The van der Waals surface area contributed by atoms with E-state index in [-0.39, 0.29) is 0 Å². The van der Waals surface area contributed by atoms with E-state index in [0.717, 1.165) is 37.4 Å². The van der Waals surface area contributed by atoms with Crippen LogP contribution in [0.4, 0.5) is 0 Å². The summed E-state index contributed by atoms with van der Waals surface area (Å²) < 4.78 is 33.7. The minimum absolute atomic E-state index is 0.454. The molecule has 0 atom stereocenters. The van der Waals surface area contributed by atoms with Crippen LogP contribution >= 0.6 is 0 Å². The molecule has 25 heavy (non-hydrogen) atoms. The van der Waals surface area contributed by atoms with Gasteiger partial charge in [0.25, 0.3) is 10.2 Å². The van der Waals surface area contributed by atoms with Gasteiger partial charge < -0.3 is 4.74 Å². The molecule has 8 nitrogen and oxygen atoms in total. The van der Waals surface area contributed by atoms with Crippen molar-refractivity contribution in [2.45, 2.75) is 26.8 Å². The first-order chi connectivity index (χ1) is 11.9. The Labute approximate surface area is 150 Å². The highest BCUT2D eigenvalue weighted by atomic mass is 32.2. The Hall–Kier alpha value is -1.00. The number of nitrogens with one attached hydrogen (secondary N) is 1.